The van der Waals surface area contributed by atoms with Gasteiger partial charge in [-0.25, -0.2) is 0 Å². The average molecular weight is 369 g/mol. The Kier molecular flexibility index (Phi) is 4.38. The Hall–Kier alpha value is -4.08. The fourth-order valence-electron chi connectivity index (χ4n) is 2.70. The van der Waals surface area contributed by atoms with Crippen LogP contribution in [0.25, 0.3) is 5.76 Å². The molecule has 1 fully saturated rings. The first-order chi connectivity index (χ1) is 12.8. The van der Waals surface area contributed by atoms with E-state index in [2.05, 4.69) is 5.32 Å². The Morgan fingerprint density at radius 1 is 0.889 bits per heavy atom. The van der Waals surface area contributed by atoms with E-state index < -0.39 is 33.3 Å². The number of ketones is 1. The molecule has 0 aromatic heterocycles. The number of amides is 1. The first-order valence-corrected chi connectivity index (χ1v) is 7.57. The van der Waals surface area contributed by atoms with Crippen molar-refractivity contribution in [3.63, 3.8) is 0 Å². The maximum absolute atomic E-state index is 12.2. The van der Waals surface area contributed by atoms with Gasteiger partial charge in [-0.1, -0.05) is 0 Å². The molecule has 27 heavy (non-hydrogen) atoms. The normalized spacial score (nSPS) is 18.1. The van der Waals surface area contributed by atoms with E-state index in [0.717, 1.165) is 12.1 Å². The predicted octanol–water partition coefficient (Wildman–Crippen LogP) is 2.21. The van der Waals surface area contributed by atoms with Crippen molar-refractivity contribution < 1.29 is 24.5 Å². The molecular formula is C17H11N3O7. The summed E-state index contributed by atoms with van der Waals surface area (Å²) in [5.74, 6) is -2.38. The monoisotopic (exact) mass is 369 g/mol. The van der Waals surface area contributed by atoms with E-state index in [1.165, 1.54) is 36.4 Å². The molecule has 2 aromatic rings. The number of benzene rings is 2. The third-order valence-electron chi connectivity index (χ3n) is 4.06. The Morgan fingerprint density at radius 2 is 1.37 bits per heavy atom. The van der Waals surface area contributed by atoms with Crippen molar-refractivity contribution in [2.24, 2.45) is 0 Å². The van der Waals surface area contributed by atoms with Crippen molar-refractivity contribution in [1.29, 1.82) is 0 Å². The van der Waals surface area contributed by atoms with Gasteiger partial charge in [0.05, 0.1) is 21.5 Å². The zero-order valence-corrected chi connectivity index (χ0v) is 13.5. The van der Waals surface area contributed by atoms with Crippen LogP contribution in [-0.2, 0) is 9.59 Å². The number of hydrogen-bond acceptors (Lipinski definition) is 7. The molecule has 0 bridgehead atoms. The Morgan fingerprint density at radius 3 is 1.85 bits per heavy atom. The summed E-state index contributed by atoms with van der Waals surface area (Å²) in [6, 6.07) is 8.97. The number of Topliss-reactive ketones (excluding diaryl/α,β-unsaturated/α-hetero) is 1. The number of carbonyl (C=O) groups is 2. The molecule has 10 heteroatoms. The number of carbonyl (C=O) groups excluding carboxylic acids is 2. The van der Waals surface area contributed by atoms with Gasteiger partial charge in [-0.3, -0.25) is 29.8 Å². The summed E-state index contributed by atoms with van der Waals surface area (Å²) in [6.45, 7) is 0. The maximum Gasteiger partial charge on any atom is 0.293 e. The van der Waals surface area contributed by atoms with Crippen molar-refractivity contribution in [1.82, 2.24) is 5.32 Å². The van der Waals surface area contributed by atoms with Crippen LogP contribution in [0.15, 0.2) is 54.1 Å². The van der Waals surface area contributed by atoms with E-state index in [1.807, 2.05) is 0 Å². The molecule has 1 heterocycles. The molecule has 1 aliphatic heterocycles. The number of nitro benzene ring substituents is 2. The lowest BCUT2D eigenvalue weighted by atomic mass is 9.95. The number of nitrogens with one attached hydrogen (secondary N) is 1. The van der Waals surface area contributed by atoms with E-state index in [1.54, 1.807) is 0 Å². The topological polar surface area (TPSA) is 153 Å². The molecule has 3 rings (SSSR count). The second kappa shape index (κ2) is 6.67. The van der Waals surface area contributed by atoms with E-state index in [-0.39, 0.29) is 22.5 Å². The van der Waals surface area contributed by atoms with Gasteiger partial charge in [-0.05, 0) is 29.8 Å². The zero-order chi connectivity index (χ0) is 19.7. The Labute approximate surface area is 151 Å². The third kappa shape index (κ3) is 3.23. The minimum Gasteiger partial charge on any atom is -0.507 e. The van der Waals surface area contributed by atoms with Crippen molar-refractivity contribution in [2.45, 2.75) is 6.04 Å². The number of hydrogen-bond donors (Lipinski definition) is 2. The first kappa shape index (κ1) is 17.7. The van der Waals surface area contributed by atoms with E-state index in [0.29, 0.717) is 5.56 Å². The lowest BCUT2D eigenvalue weighted by molar-refractivity contribution is -0.385. The summed E-state index contributed by atoms with van der Waals surface area (Å²) in [5.41, 5.74) is -0.117. The lowest BCUT2D eigenvalue weighted by Crippen LogP contribution is -2.21. The number of aliphatic hydroxyl groups excluding tert-OH is 1. The van der Waals surface area contributed by atoms with E-state index in [4.69, 9.17) is 0 Å². The highest BCUT2D eigenvalue weighted by Gasteiger charge is 2.39. The largest absolute Gasteiger partial charge is 0.507 e. The molecule has 136 valence electrons. The molecule has 1 saturated heterocycles. The molecular weight excluding hydrogens is 358 g/mol. The standard InChI is InChI=1S/C17H11N3O7/c21-15(10-3-7-12(8-4-10)20(26)27)13-14(18-17(23)16(13)22)9-1-5-11(6-2-9)19(24)25/h1-8,14,21H,(H,18,23)/b15-13+/t14-/m0/s1. The summed E-state index contributed by atoms with van der Waals surface area (Å²) in [5, 5.41) is 34.4. The zero-order valence-electron chi connectivity index (χ0n) is 13.5. The van der Waals surface area contributed by atoms with Crippen LogP contribution in [0.5, 0.6) is 0 Å². The van der Waals surface area contributed by atoms with Crippen molar-refractivity contribution in [3.05, 3.63) is 85.5 Å². The number of aliphatic hydroxyl groups is 1. The first-order valence-electron chi connectivity index (χ1n) is 7.57. The SMILES string of the molecule is O=C1N[C@@H](c2ccc([N+](=O)[O-])cc2)/C(=C(\O)c2ccc([N+](=O)[O-])cc2)C1=O. The summed E-state index contributed by atoms with van der Waals surface area (Å²) < 4.78 is 0. The molecule has 0 unspecified atom stereocenters. The van der Waals surface area contributed by atoms with Gasteiger partial charge in [-0.2, -0.15) is 0 Å². The fraction of sp³-hybridized carbons (Fsp3) is 0.0588. The number of nitro groups is 2. The molecule has 1 amide bonds. The smallest absolute Gasteiger partial charge is 0.293 e. The van der Waals surface area contributed by atoms with E-state index in [9.17, 15) is 34.9 Å². The second-order valence-corrected chi connectivity index (χ2v) is 5.65. The van der Waals surface area contributed by atoms with Crippen LogP contribution in [0, 0.1) is 20.2 Å². The van der Waals surface area contributed by atoms with Gasteiger partial charge in [0, 0.05) is 29.8 Å². The molecule has 2 aromatic carbocycles. The molecule has 10 nitrogen and oxygen atoms in total. The van der Waals surface area contributed by atoms with Gasteiger partial charge >= 0.3 is 0 Å². The Bertz CT molecular complexity index is 994. The quantitative estimate of drug-likeness (QED) is 0.275. The number of nitrogens with zero attached hydrogens (tertiary/aromatic N) is 2. The Balaban J connectivity index is 2.05. The second-order valence-electron chi connectivity index (χ2n) is 5.65. The van der Waals surface area contributed by atoms with Gasteiger partial charge in [0.1, 0.15) is 5.76 Å². The van der Waals surface area contributed by atoms with Crippen molar-refractivity contribution in [2.75, 3.05) is 0 Å². The van der Waals surface area contributed by atoms with Gasteiger partial charge in [0.25, 0.3) is 23.1 Å². The van der Waals surface area contributed by atoms with Gasteiger partial charge in [0.2, 0.25) is 0 Å². The molecule has 2 N–H and O–H groups in total. The van der Waals surface area contributed by atoms with Crippen LogP contribution in [0.3, 0.4) is 0 Å². The van der Waals surface area contributed by atoms with Gasteiger partial charge in [0.15, 0.2) is 0 Å². The minimum absolute atomic E-state index is 0.118. The third-order valence-corrected chi connectivity index (χ3v) is 4.06. The van der Waals surface area contributed by atoms with Gasteiger partial charge in [-0.15, -0.1) is 0 Å². The highest BCUT2D eigenvalue weighted by molar-refractivity contribution is 6.46. The molecule has 0 radical (unpaired) electrons. The fourth-order valence-corrected chi connectivity index (χ4v) is 2.70. The highest BCUT2D eigenvalue weighted by Crippen LogP contribution is 2.33. The summed E-state index contributed by atoms with van der Waals surface area (Å²) in [6.07, 6.45) is 0. The van der Waals surface area contributed by atoms with Crippen LogP contribution in [0.2, 0.25) is 0 Å². The predicted molar refractivity (Wildman–Crippen MR) is 91.6 cm³/mol. The minimum atomic E-state index is -0.999. The number of non-ortho nitro benzene ring substituents is 2. The van der Waals surface area contributed by atoms with Crippen LogP contribution in [0.4, 0.5) is 11.4 Å². The van der Waals surface area contributed by atoms with Crippen LogP contribution in [0.1, 0.15) is 17.2 Å². The summed E-state index contributed by atoms with van der Waals surface area (Å²) in [4.78, 5) is 44.3. The van der Waals surface area contributed by atoms with Crippen LogP contribution < -0.4 is 5.32 Å². The molecule has 0 aliphatic carbocycles. The highest BCUT2D eigenvalue weighted by atomic mass is 16.6. The number of rotatable bonds is 4. The van der Waals surface area contributed by atoms with Crippen molar-refractivity contribution in [3.8, 4) is 0 Å². The maximum atomic E-state index is 12.2. The molecule has 1 aliphatic rings. The van der Waals surface area contributed by atoms with Crippen LogP contribution in [-0.4, -0.2) is 26.6 Å². The average Bonchev–Trinajstić information content (AvgIpc) is 2.96. The lowest BCUT2D eigenvalue weighted by Gasteiger charge is -2.13. The summed E-state index contributed by atoms with van der Waals surface area (Å²) >= 11 is 0. The van der Waals surface area contributed by atoms with E-state index >= 15 is 0 Å². The van der Waals surface area contributed by atoms with Crippen molar-refractivity contribution >= 4 is 28.8 Å². The van der Waals surface area contributed by atoms with Gasteiger partial charge < -0.3 is 10.4 Å². The van der Waals surface area contributed by atoms with Crippen LogP contribution >= 0.6 is 0 Å². The molecule has 1 atom stereocenters. The summed E-state index contributed by atoms with van der Waals surface area (Å²) in [7, 11) is 0. The molecule has 0 spiro atoms. The molecule has 0 saturated carbocycles.